The van der Waals surface area contributed by atoms with E-state index in [1.54, 1.807) is 6.20 Å². The minimum absolute atomic E-state index is 0.00406. The Hall–Kier alpha value is -0.990. The van der Waals surface area contributed by atoms with Crippen LogP contribution in [-0.2, 0) is 6.42 Å². The highest BCUT2D eigenvalue weighted by Crippen LogP contribution is 2.17. The molecule has 9 heteroatoms. The maximum atomic E-state index is 9.99. The van der Waals surface area contributed by atoms with Crippen LogP contribution in [0.3, 0.4) is 0 Å². The molecule has 0 amide bonds. The van der Waals surface area contributed by atoms with Crippen molar-refractivity contribution in [1.82, 2.24) is 15.7 Å². The smallest absolute Gasteiger partial charge is 0.230 e. The molecule has 0 aliphatic heterocycles. The van der Waals surface area contributed by atoms with Gasteiger partial charge in [-0.25, -0.2) is 15.1 Å². The lowest BCUT2D eigenvalue weighted by Crippen LogP contribution is -2.39. The number of nitro groups is 1. The van der Waals surface area contributed by atoms with Crippen LogP contribution in [-0.4, -0.2) is 21.7 Å². The molecule has 0 atom stereocenters. The fourth-order valence-corrected chi connectivity index (χ4v) is 1.97. The summed E-state index contributed by atoms with van der Waals surface area (Å²) in [6.07, 6.45) is 2.34. The molecule has 2 N–H and O–H groups in total. The van der Waals surface area contributed by atoms with Crippen molar-refractivity contribution in [1.29, 1.82) is 0 Å². The zero-order valence-electron chi connectivity index (χ0n) is 7.40. The van der Waals surface area contributed by atoms with Gasteiger partial charge in [-0.2, -0.15) is 0 Å². The summed E-state index contributed by atoms with van der Waals surface area (Å²) in [5.41, 5.74) is 1.84. The van der Waals surface area contributed by atoms with Crippen LogP contribution in [0.4, 0.5) is 0 Å². The molecule has 6 nitrogen and oxygen atoms in total. The lowest BCUT2D eigenvalue weighted by molar-refractivity contribution is -0.525. The second kappa shape index (κ2) is 5.79. The Balaban J connectivity index is 2.22. The molecule has 82 valence electrons. The average molecular weight is 267 g/mol. The second-order valence-corrected chi connectivity index (χ2v) is 4.56. The molecular formula is C6H7ClN4O2S2. The Bertz CT molecular complexity index is 370. The van der Waals surface area contributed by atoms with E-state index in [1.807, 2.05) is 5.43 Å². The summed E-state index contributed by atoms with van der Waals surface area (Å²) in [6, 6.07) is 0. The number of aromatic nitrogens is 1. The van der Waals surface area contributed by atoms with Crippen LogP contribution >= 0.6 is 35.2 Å². The van der Waals surface area contributed by atoms with Crippen molar-refractivity contribution in [3.63, 3.8) is 0 Å². The summed E-state index contributed by atoms with van der Waals surface area (Å²) >= 11 is 11.6. The van der Waals surface area contributed by atoms with Gasteiger partial charge in [0.15, 0.2) is 9.50 Å². The molecule has 1 rings (SSSR count). The van der Waals surface area contributed by atoms with Gasteiger partial charge in [-0.05, 0) is 12.2 Å². The number of halogens is 1. The molecule has 0 fully saturated rings. The Morgan fingerprint density at radius 1 is 1.80 bits per heavy atom. The van der Waals surface area contributed by atoms with Crippen LogP contribution in [0.1, 0.15) is 4.88 Å². The number of nitrogens with zero attached hydrogens (tertiary/aromatic N) is 2. The van der Waals surface area contributed by atoms with Crippen molar-refractivity contribution >= 4 is 40.3 Å². The molecule has 0 radical (unpaired) electrons. The van der Waals surface area contributed by atoms with Gasteiger partial charge in [-0.15, -0.1) is 11.3 Å². The molecule has 1 heterocycles. The van der Waals surface area contributed by atoms with Gasteiger partial charge in [0.2, 0.25) is 5.11 Å². The van der Waals surface area contributed by atoms with Crippen molar-refractivity contribution in [3.8, 4) is 0 Å². The molecule has 0 saturated heterocycles. The van der Waals surface area contributed by atoms with E-state index >= 15 is 0 Å². The van der Waals surface area contributed by atoms with Crippen LogP contribution in [0.15, 0.2) is 6.20 Å². The van der Waals surface area contributed by atoms with Crippen LogP contribution in [0, 0.1) is 10.1 Å². The van der Waals surface area contributed by atoms with E-state index in [0.717, 1.165) is 4.88 Å². The first-order chi connectivity index (χ1) is 7.08. The number of hydrogen-bond donors (Lipinski definition) is 2. The maximum absolute atomic E-state index is 9.99. The number of hydrazine groups is 1. The summed E-state index contributed by atoms with van der Waals surface area (Å²) in [6.45, 7) is 0.498. The Labute approximate surface area is 99.8 Å². The molecule has 1 aromatic heterocycles. The number of nitrogens with one attached hydrogen (secondary N) is 2. The summed E-state index contributed by atoms with van der Waals surface area (Å²) < 4.78 is 0.482. The third-order valence-corrected chi connectivity index (χ3v) is 2.79. The van der Waals surface area contributed by atoms with Gasteiger partial charge in [0, 0.05) is 24.0 Å². The molecule has 0 bridgehead atoms. The maximum Gasteiger partial charge on any atom is 0.230 e. The minimum Gasteiger partial charge on any atom is -0.358 e. The Kier molecular flexibility index (Phi) is 4.66. The van der Waals surface area contributed by atoms with Crippen molar-refractivity contribution in [2.24, 2.45) is 0 Å². The normalized spacial score (nSPS) is 9.67. The predicted octanol–water partition coefficient (Wildman–Crippen LogP) is 0.995. The van der Waals surface area contributed by atoms with E-state index in [-0.39, 0.29) is 5.11 Å². The van der Waals surface area contributed by atoms with Gasteiger partial charge in [0.05, 0.1) is 0 Å². The molecular weight excluding hydrogens is 260 g/mol. The zero-order chi connectivity index (χ0) is 11.3. The first-order valence-electron chi connectivity index (χ1n) is 3.87. The molecule has 0 unspecified atom stereocenters. The molecule has 0 aliphatic carbocycles. The van der Waals surface area contributed by atoms with Crippen molar-refractivity contribution in [3.05, 3.63) is 25.7 Å². The Morgan fingerprint density at radius 3 is 3.07 bits per heavy atom. The highest BCUT2D eigenvalue weighted by molar-refractivity contribution is 7.80. The fraction of sp³-hybridized carbons (Fsp3) is 0.333. The van der Waals surface area contributed by atoms with E-state index < -0.39 is 5.03 Å². The predicted molar refractivity (Wildman–Crippen MR) is 61.6 cm³/mol. The van der Waals surface area contributed by atoms with E-state index in [2.05, 4.69) is 22.5 Å². The highest BCUT2D eigenvalue weighted by atomic mass is 35.5. The lowest BCUT2D eigenvalue weighted by atomic mass is 10.4. The van der Waals surface area contributed by atoms with Gasteiger partial charge in [-0.3, -0.25) is 0 Å². The Morgan fingerprint density at radius 2 is 2.53 bits per heavy atom. The first kappa shape index (κ1) is 12.1. The van der Waals surface area contributed by atoms with Gasteiger partial charge >= 0.3 is 0 Å². The van der Waals surface area contributed by atoms with E-state index in [9.17, 15) is 10.1 Å². The quantitative estimate of drug-likeness (QED) is 0.481. The molecule has 0 spiro atoms. The fourth-order valence-electron chi connectivity index (χ4n) is 0.821. The number of rotatable bonds is 4. The lowest BCUT2D eigenvalue weighted by Gasteiger charge is -2.02. The van der Waals surface area contributed by atoms with Crippen molar-refractivity contribution in [2.75, 3.05) is 6.54 Å². The molecule has 1 aromatic rings. The monoisotopic (exact) mass is 266 g/mol. The average Bonchev–Trinajstić information content (AvgIpc) is 2.50. The third kappa shape index (κ3) is 4.86. The zero-order valence-corrected chi connectivity index (χ0v) is 9.79. The van der Waals surface area contributed by atoms with Gasteiger partial charge in [0.25, 0.3) is 0 Å². The van der Waals surface area contributed by atoms with Crippen molar-refractivity contribution in [2.45, 2.75) is 6.42 Å². The summed E-state index contributed by atoms with van der Waals surface area (Å²) in [7, 11) is 0. The minimum atomic E-state index is -0.709. The molecule has 0 aromatic carbocycles. The second-order valence-electron chi connectivity index (χ2n) is 2.45. The molecule has 0 saturated carbocycles. The number of hydrogen-bond acceptors (Lipinski definition) is 5. The van der Waals surface area contributed by atoms with E-state index in [4.69, 9.17) is 11.6 Å². The van der Waals surface area contributed by atoms with Gasteiger partial charge in [-0.1, -0.05) is 17.0 Å². The SMILES string of the molecule is O=[N+]([O-])NC(=S)NCCc1cnc(Cl)s1. The topological polar surface area (TPSA) is 80.1 Å². The highest BCUT2D eigenvalue weighted by Gasteiger charge is 2.02. The molecule has 0 aliphatic rings. The standard InChI is InChI=1S/C6H7ClN4O2S2/c7-5-9-3-4(15-5)1-2-8-6(14)10-11(12)13/h3H,1-2H2,(H2,8,10,14). The molecule has 15 heavy (non-hydrogen) atoms. The number of thiocarbonyl (C=S) groups is 1. The van der Waals surface area contributed by atoms with Gasteiger partial charge in [0.1, 0.15) is 0 Å². The van der Waals surface area contributed by atoms with E-state index in [1.165, 1.54) is 11.3 Å². The summed E-state index contributed by atoms with van der Waals surface area (Å²) in [5, 5.41) is 12.0. The van der Waals surface area contributed by atoms with E-state index in [0.29, 0.717) is 17.4 Å². The largest absolute Gasteiger partial charge is 0.358 e. The summed E-state index contributed by atoms with van der Waals surface area (Å²) in [4.78, 5) is 14.8. The van der Waals surface area contributed by atoms with Crippen LogP contribution in [0.2, 0.25) is 4.47 Å². The first-order valence-corrected chi connectivity index (χ1v) is 5.47. The van der Waals surface area contributed by atoms with Crippen molar-refractivity contribution < 1.29 is 5.03 Å². The van der Waals surface area contributed by atoms with Gasteiger partial charge < -0.3 is 5.32 Å². The van der Waals surface area contributed by atoms with Crippen LogP contribution in [0.5, 0.6) is 0 Å². The van der Waals surface area contributed by atoms with Crippen LogP contribution < -0.4 is 10.7 Å². The third-order valence-electron chi connectivity index (χ3n) is 1.38. The number of thiazole rings is 1. The summed E-state index contributed by atoms with van der Waals surface area (Å²) in [5.74, 6) is 0. The van der Waals surface area contributed by atoms with Crippen LogP contribution in [0.25, 0.3) is 0 Å².